The van der Waals surface area contributed by atoms with Gasteiger partial charge in [-0.25, -0.2) is 0 Å². The highest BCUT2D eigenvalue weighted by Crippen LogP contribution is 2.33. The number of hydrogen-bond donors (Lipinski definition) is 2. The highest BCUT2D eigenvalue weighted by Gasteiger charge is 2.15. The van der Waals surface area contributed by atoms with E-state index in [1.165, 1.54) is 0 Å². The molecule has 0 aliphatic rings. The van der Waals surface area contributed by atoms with Crippen LogP contribution in [0.2, 0.25) is 10.0 Å². The van der Waals surface area contributed by atoms with Crippen LogP contribution in [0.1, 0.15) is 25.3 Å². The van der Waals surface area contributed by atoms with Crippen LogP contribution < -0.4 is 5.32 Å². The third kappa shape index (κ3) is 4.73. The molecule has 6 heteroatoms. The van der Waals surface area contributed by atoms with Gasteiger partial charge in [-0.1, -0.05) is 36.2 Å². The number of aryl methyl sites for hydroxylation is 1. The number of hydrogen-bond acceptors (Lipinski definition) is 2. The SMILES string of the molecule is Cc1ccc(Cl)c(NC(=O)CC(C)CC(=O)O)c1Cl. The van der Waals surface area contributed by atoms with Gasteiger partial charge in [0.15, 0.2) is 0 Å². The Kier molecular flexibility index (Phi) is 5.63. The molecule has 0 heterocycles. The van der Waals surface area contributed by atoms with Gasteiger partial charge in [-0.3, -0.25) is 9.59 Å². The van der Waals surface area contributed by atoms with E-state index in [1.54, 1.807) is 26.0 Å². The first-order valence-corrected chi connectivity index (χ1v) is 6.53. The Balaban J connectivity index is 2.72. The van der Waals surface area contributed by atoms with Crippen molar-refractivity contribution in [2.75, 3.05) is 5.32 Å². The van der Waals surface area contributed by atoms with E-state index in [0.29, 0.717) is 15.7 Å². The van der Waals surface area contributed by atoms with E-state index < -0.39 is 5.97 Å². The third-order valence-corrected chi connectivity index (χ3v) is 3.41. The molecule has 0 aliphatic heterocycles. The molecule has 1 aromatic carbocycles. The van der Waals surface area contributed by atoms with Gasteiger partial charge in [0, 0.05) is 12.8 Å². The summed E-state index contributed by atoms with van der Waals surface area (Å²) in [6.45, 7) is 3.51. The first-order valence-electron chi connectivity index (χ1n) is 5.77. The monoisotopic (exact) mass is 303 g/mol. The molecule has 0 fully saturated rings. The summed E-state index contributed by atoms with van der Waals surface area (Å²) in [4.78, 5) is 22.3. The zero-order chi connectivity index (χ0) is 14.6. The van der Waals surface area contributed by atoms with Crippen LogP contribution >= 0.6 is 23.2 Å². The Morgan fingerprint density at radius 1 is 1.32 bits per heavy atom. The van der Waals surface area contributed by atoms with Crippen molar-refractivity contribution in [2.45, 2.75) is 26.7 Å². The predicted molar refractivity (Wildman–Crippen MR) is 75.9 cm³/mol. The number of nitrogens with one attached hydrogen (secondary N) is 1. The fourth-order valence-corrected chi connectivity index (χ4v) is 2.11. The van der Waals surface area contributed by atoms with E-state index in [-0.39, 0.29) is 24.7 Å². The van der Waals surface area contributed by atoms with Crippen LogP contribution in [0.25, 0.3) is 0 Å². The Morgan fingerprint density at radius 2 is 1.95 bits per heavy atom. The molecule has 0 aromatic heterocycles. The molecule has 1 amide bonds. The first-order chi connectivity index (χ1) is 8.81. The van der Waals surface area contributed by atoms with Crippen molar-refractivity contribution in [1.82, 2.24) is 0 Å². The average Bonchev–Trinajstić information content (AvgIpc) is 2.28. The number of amides is 1. The lowest BCUT2D eigenvalue weighted by molar-refractivity contribution is -0.138. The zero-order valence-electron chi connectivity index (χ0n) is 10.7. The summed E-state index contributed by atoms with van der Waals surface area (Å²) in [6.07, 6.45) is 0.0512. The number of benzene rings is 1. The number of carboxylic acids is 1. The van der Waals surface area contributed by atoms with Gasteiger partial charge in [0.2, 0.25) is 5.91 Å². The Morgan fingerprint density at radius 3 is 2.53 bits per heavy atom. The minimum atomic E-state index is -0.924. The Labute approximate surface area is 121 Å². The zero-order valence-corrected chi connectivity index (χ0v) is 12.2. The molecule has 0 saturated carbocycles. The highest BCUT2D eigenvalue weighted by atomic mass is 35.5. The molecule has 0 saturated heterocycles. The van der Waals surface area contributed by atoms with Gasteiger partial charge >= 0.3 is 5.97 Å². The van der Waals surface area contributed by atoms with Crippen LogP contribution in [-0.2, 0) is 9.59 Å². The number of aliphatic carboxylic acids is 1. The maximum atomic E-state index is 11.8. The second-order valence-corrected chi connectivity index (χ2v) is 5.29. The predicted octanol–water partition coefficient (Wildman–Crippen LogP) is 3.74. The standard InChI is InChI=1S/C13H15Cl2NO3/c1-7(6-11(18)19)5-10(17)16-13-9(14)4-3-8(2)12(13)15/h3-4,7H,5-6H2,1-2H3,(H,16,17)(H,18,19). The lowest BCUT2D eigenvalue weighted by atomic mass is 10.0. The third-order valence-electron chi connectivity index (χ3n) is 2.61. The van der Waals surface area contributed by atoms with Crippen molar-refractivity contribution in [3.05, 3.63) is 27.7 Å². The quantitative estimate of drug-likeness (QED) is 0.870. The second-order valence-electron chi connectivity index (χ2n) is 4.51. The lowest BCUT2D eigenvalue weighted by Crippen LogP contribution is -2.17. The van der Waals surface area contributed by atoms with Crippen LogP contribution in [0.3, 0.4) is 0 Å². The molecule has 2 N–H and O–H groups in total. The molecule has 0 radical (unpaired) electrons. The smallest absolute Gasteiger partial charge is 0.303 e. The van der Waals surface area contributed by atoms with Crippen molar-refractivity contribution < 1.29 is 14.7 Å². The Bertz CT molecular complexity index is 503. The van der Waals surface area contributed by atoms with Crippen LogP contribution in [0.4, 0.5) is 5.69 Å². The summed E-state index contributed by atoms with van der Waals surface area (Å²) in [5, 5.41) is 12.0. The normalized spacial score (nSPS) is 12.0. The fraction of sp³-hybridized carbons (Fsp3) is 0.385. The summed E-state index contributed by atoms with van der Waals surface area (Å²) in [5.41, 5.74) is 1.18. The van der Waals surface area contributed by atoms with Gasteiger partial charge in [0.25, 0.3) is 0 Å². The molecule has 19 heavy (non-hydrogen) atoms. The van der Waals surface area contributed by atoms with Crippen molar-refractivity contribution in [1.29, 1.82) is 0 Å². The van der Waals surface area contributed by atoms with Crippen molar-refractivity contribution >= 4 is 40.8 Å². The minimum Gasteiger partial charge on any atom is -0.481 e. The summed E-state index contributed by atoms with van der Waals surface area (Å²) in [5.74, 6) is -1.48. The van der Waals surface area contributed by atoms with Crippen molar-refractivity contribution in [2.24, 2.45) is 5.92 Å². The maximum Gasteiger partial charge on any atom is 0.303 e. The van der Waals surface area contributed by atoms with Crippen LogP contribution in [0.5, 0.6) is 0 Å². The molecule has 0 aliphatic carbocycles. The molecule has 1 atom stereocenters. The molecule has 0 spiro atoms. The highest BCUT2D eigenvalue weighted by molar-refractivity contribution is 6.40. The summed E-state index contributed by atoms with van der Waals surface area (Å²) >= 11 is 12.0. The molecular weight excluding hydrogens is 289 g/mol. The second kappa shape index (κ2) is 6.78. The molecule has 104 valence electrons. The van der Waals surface area contributed by atoms with Crippen molar-refractivity contribution in [3.8, 4) is 0 Å². The van der Waals surface area contributed by atoms with E-state index in [1.807, 2.05) is 0 Å². The number of anilines is 1. The molecule has 1 aromatic rings. The largest absolute Gasteiger partial charge is 0.481 e. The van der Waals surface area contributed by atoms with E-state index in [4.69, 9.17) is 28.3 Å². The molecular formula is C13H15Cl2NO3. The van der Waals surface area contributed by atoms with Crippen molar-refractivity contribution in [3.63, 3.8) is 0 Å². The molecule has 0 bridgehead atoms. The number of carboxylic acid groups (broad SMARTS) is 1. The van der Waals surface area contributed by atoms with E-state index in [0.717, 1.165) is 5.56 Å². The summed E-state index contributed by atoms with van der Waals surface area (Å²) < 4.78 is 0. The lowest BCUT2D eigenvalue weighted by Gasteiger charge is -2.13. The van der Waals surface area contributed by atoms with Crippen LogP contribution in [0.15, 0.2) is 12.1 Å². The Hall–Kier alpha value is -1.26. The minimum absolute atomic E-state index is 0.0529. The summed E-state index contributed by atoms with van der Waals surface area (Å²) in [7, 11) is 0. The number of carbonyl (C=O) groups excluding carboxylic acids is 1. The average molecular weight is 304 g/mol. The van der Waals surface area contributed by atoms with E-state index >= 15 is 0 Å². The molecule has 1 unspecified atom stereocenters. The summed E-state index contributed by atoms with van der Waals surface area (Å²) in [6, 6.07) is 3.41. The number of halogens is 2. The van der Waals surface area contributed by atoms with E-state index in [2.05, 4.69) is 5.32 Å². The van der Waals surface area contributed by atoms with Crippen LogP contribution in [0, 0.1) is 12.8 Å². The first kappa shape index (κ1) is 15.8. The van der Waals surface area contributed by atoms with Gasteiger partial charge in [-0.05, 0) is 24.5 Å². The van der Waals surface area contributed by atoms with Gasteiger partial charge in [0.05, 0.1) is 15.7 Å². The van der Waals surface area contributed by atoms with Gasteiger partial charge in [0.1, 0.15) is 0 Å². The van der Waals surface area contributed by atoms with Crippen LogP contribution in [-0.4, -0.2) is 17.0 Å². The maximum absolute atomic E-state index is 11.8. The molecule has 1 rings (SSSR count). The molecule has 4 nitrogen and oxygen atoms in total. The van der Waals surface area contributed by atoms with Gasteiger partial charge < -0.3 is 10.4 Å². The topological polar surface area (TPSA) is 66.4 Å². The van der Waals surface area contributed by atoms with Gasteiger partial charge in [-0.15, -0.1) is 0 Å². The number of carbonyl (C=O) groups is 2. The fourth-order valence-electron chi connectivity index (χ4n) is 1.65. The number of rotatable bonds is 5. The van der Waals surface area contributed by atoms with Gasteiger partial charge in [-0.2, -0.15) is 0 Å². The van der Waals surface area contributed by atoms with E-state index in [9.17, 15) is 9.59 Å².